The topological polar surface area (TPSA) is 30.7 Å². The van der Waals surface area contributed by atoms with Crippen LogP contribution in [0, 0.1) is 0 Å². The van der Waals surface area contributed by atoms with Gasteiger partial charge in [0.25, 0.3) is 0 Å². The molecule has 0 fully saturated rings. The highest BCUT2D eigenvalue weighted by molar-refractivity contribution is 6.35. The molecule has 0 saturated heterocycles. The highest BCUT2D eigenvalue weighted by atomic mass is 35.5. The molecule has 6 heteroatoms. The Morgan fingerprint density at radius 3 is 2.47 bits per heavy atom. The van der Waals surface area contributed by atoms with Gasteiger partial charge in [-0.05, 0) is 19.1 Å². The molecule has 0 aliphatic carbocycles. The van der Waals surface area contributed by atoms with Gasteiger partial charge >= 0.3 is 0 Å². The van der Waals surface area contributed by atoms with Gasteiger partial charge in [0.05, 0.1) is 18.1 Å². The Balaban J connectivity index is 2.25. The van der Waals surface area contributed by atoms with E-state index in [-0.39, 0.29) is 5.38 Å². The van der Waals surface area contributed by atoms with Gasteiger partial charge in [-0.3, -0.25) is 0 Å². The highest BCUT2D eigenvalue weighted by Crippen LogP contribution is 2.25. The van der Waals surface area contributed by atoms with E-state index in [1.165, 1.54) is 0 Å². The van der Waals surface area contributed by atoms with E-state index in [0.717, 1.165) is 11.3 Å². The van der Waals surface area contributed by atoms with Crippen LogP contribution in [0.2, 0.25) is 10.0 Å². The lowest BCUT2D eigenvalue weighted by Crippen LogP contribution is -2.01. The van der Waals surface area contributed by atoms with Gasteiger partial charge in [-0.15, -0.1) is 16.7 Å². The first-order valence-corrected chi connectivity index (χ1v) is 6.24. The average Bonchev–Trinajstić information content (AvgIpc) is 2.72. The van der Waals surface area contributed by atoms with Gasteiger partial charge < -0.3 is 0 Å². The minimum absolute atomic E-state index is 0.162. The van der Waals surface area contributed by atoms with Crippen LogP contribution in [0.25, 0.3) is 0 Å². The molecule has 1 unspecified atom stereocenters. The minimum Gasteiger partial charge on any atom is -0.248 e. The maximum Gasteiger partial charge on any atom is 0.100 e. The Morgan fingerprint density at radius 1 is 1.29 bits per heavy atom. The Kier molecular flexibility index (Phi) is 3.92. The molecule has 0 amide bonds. The molecular formula is C11H10Cl3N3. The summed E-state index contributed by atoms with van der Waals surface area (Å²) in [7, 11) is 0. The summed E-state index contributed by atoms with van der Waals surface area (Å²) in [4.78, 5) is 0. The third-order valence-corrected chi connectivity index (χ3v) is 3.28. The number of rotatable bonds is 3. The van der Waals surface area contributed by atoms with Crippen molar-refractivity contribution < 1.29 is 0 Å². The third-order valence-electron chi connectivity index (χ3n) is 2.35. The molecule has 1 heterocycles. The number of halogens is 3. The molecule has 1 atom stereocenters. The van der Waals surface area contributed by atoms with Gasteiger partial charge in [0.15, 0.2) is 0 Å². The summed E-state index contributed by atoms with van der Waals surface area (Å²) in [5.74, 6) is 0. The van der Waals surface area contributed by atoms with Gasteiger partial charge in [-0.25, -0.2) is 4.68 Å². The van der Waals surface area contributed by atoms with E-state index in [1.54, 1.807) is 23.0 Å². The molecule has 1 aromatic carbocycles. The van der Waals surface area contributed by atoms with Gasteiger partial charge in [-0.1, -0.05) is 34.5 Å². The van der Waals surface area contributed by atoms with Crippen LogP contribution in [0.4, 0.5) is 0 Å². The predicted octanol–water partition coefficient (Wildman–Crippen LogP) is 3.93. The summed E-state index contributed by atoms with van der Waals surface area (Å²) in [6, 6.07) is 5.40. The second-order valence-electron chi connectivity index (χ2n) is 3.66. The van der Waals surface area contributed by atoms with Crippen molar-refractivity contribution in [3.63, 3.8) is 0 Å². The van der Waals surface area contributed by atoms with E-state index < -0.39 is 0 Å². The first-order valence-electron chi connectivity index (χ1n) is 5.05. The maximum absolute atomic E-state index is 6.08. The number of benzene rings is 1. The van der Waals surface area contributed by atoms with E-state index in [2.05, 4.69) is 10.3 Å². The zero-order chi connectivity index (χ0) is 12.4. The molecule has 0 bridgehead atoms. The summed E-state index contributed by atoms with van der Waals surface area (Å²) in [5.41, 5.74) is 1.56. The fourth-order valence-corrected chi connectivity index (χ4v) is 2.04. The molecule has 17 heavy (non-hydrogen) atoms. The Labute approximate surface area is 114 Å². The Bertz CT molecular complexity index is 502. The van der Waals surface area contributed by atoms with Crippen LogP contribution >= 0.6 is 34.8 Å². The average molecular weight is 291 g/mol. The molecule has 2 rings (SSSR count). The summed E-state index contributed by atoms with van der Waals surface area (Å²) in [6.07, 6.45) is 1.79. The SMILES string of the molecule is CC(Cl)c1cn(Cc2c(Cl)cccc2Cl)nn1. The van der Waals surface area contributed by atoms with Crippen molar-refractivity contribution in [3.8, 4) is 0 Å². The number of alkyl halides is 1. The molecule has 0 aliphatic heterocycles. The van der Waals surface area contributed by atoms with E-state index >= 15 is 0 Å². The normalized spacial score (nSPS) is 12.7. The first kappa shape index (κ1) is 12.7. The molecule has 0 saturated carbocycles. The molecule has 0 spiro atoms. The molecule has 90 valence electrons. The monoisotopic (exact) mass is 289 g/mol. The van der Waals surface area contributed by atoms with Crippen molar-refractivity contribution in [1.82, 2.24) is 15.0 Å². The first-order chi connectivity index (χ1) is 8.08. The largest absolute Gasteiger partial charge is 0.248 e. The van der Waals surface area contributed by atoms with Crippen LogP contribution in [-0.4, -0.2) is 15.0 Å². The second kappa shape index (κ2) is 5.25. The fraction of sp³-hybridized carbons (Fsp3) is 0.273. The summed E-state index contributed by atoms with van der Waals surface area (Å²) in [6.45, 7) is 2.33. The van der Waals surface area contributed by atoms with Crippen LogP contribution < -0.4 is 0 Å². The van der Waals surface area contributed by atoms with E-state index in [1.807, 2.05) is 13.0 Å². The lowest BCUT2D eigenvalue weighted by atomic mass is 10.2. The Morgan fingerprint density at radius 2 is 1.94 bits per heavy atom. The number of hydrogen-bond acceptors (Lipinski definition) is 2. The smallest absolute Gasteiger partial charge is 0.100 e. The number of nitrogens with zero attached hydrogens (tertiary/aromatic N) is 3. The van der Waals surface area contributed by atoms with E-state index in [0.29, 0.717) is 16.6 Å². The number of hydrogen-bond donors (Lipinski definition) is 0. The standard InChI is InChI=1S/C11H10Cl3N3/c1-7(12)11-6-17(16-15-11)5-8-9(13)3-2-4-10(8)14/h2-4,6-7H,5H2,1H3. The summed E-state index contributed by atoms with van der Waals surface area (Å²) < 4.78 is 1.67. The third kappa shape index (κ3) is 2.92. The lowest BCUT2D eigenvalue weighted by molar-refractivity contribution is 0.649. The van der Waals surface area contributed by atoms with Crippen LogP contribution in [0.1, 0.15) is 23.6 Å². The van der Waals surface area contributed by atoms with Crippen LogP contribution in [0.5, 0.6) is 0 Å². The van der Waals surface area contributed by atoms with Crippen molar-refractivity contribution in [2.24, 2.45) is 0 Å². The van der Waals surface area contributed by atoms with Gasteiger partial charge in [-0.2, -0.15) is 0 Å². The van der Waals surface area contributed by atoms with Crippen LogP contribution in [0.3, 0.4) is 0 Å². The predicted molar refractivity (Wildman–Crippen MR) is 69.9 cm³/mol. The molecule has 2 aromatic rings. The minimum atomic E-state index is -0.162. The van der Waals surface area contributed by atoms with E-state index in [9.17, 15) is 0 Å². The zero-order valence-corrected chi connectivity index (χ0v) is 11.3. The van der Waals surface area contributed by atoms with Crippen LogP contribution in [-0.2, 0) is 6.54 Å². The summed E-state index contributed by atoms with van der Waals surface area (Å²) >= 11 is 18.1. The maximum atomic E-state index is 6.08. The lowest BCUT2D eigenvalue weighted by Gasteiger charge is -2.05. The highest BCUT2D eigenvalue weighted by Gasteiger charge is 2.10. The van der Waals surface area contributed by atoms with Crippen molar-refractivity contribution in [2.45, 2.75) is 18.8 Å². The van der Waals surface area contributed by atoms with Crippen molar-refractivity contribution >= 4 is 34.8 Å². The van der Waals surface area contributed by atoms with Gasteiger partial charge in [0.2, 0.25) is 0 Å². The molecule has 0 aliphatic rings. The molecule has 0 N–H and O–H groups in total. The molecular weight excluding hydrogens is 281 g/mol. The quantitative estimate of drug-likeness (QED) is 0.802. The summed E-state index contributed by atoms with van der Waals surface area (Å²) in [5, 5.41) is 9.02. The van der Waals surface area contributed by atoms with Gasteiger partial charge in [0, 0.05) is 15.6 Å². The zero-order valence-electron chi connectivity index (χ0n) is 9.07. The fourth-order valence-electron chi connectivity index (χ4n) is 1.42. The van der Waals surface area contributed by atoms with Crippen LogP contribution in [0.15, 0.2) is 24.4 Å². The van der Waals surface area contributed by atoms with Crippen molar-refractivity contribution in [1.29, 1.82) is 0 Å². The van der Waals surface area contributed by atoms with Crippen molar-refractivity contribution in [3.05, 3.63) is 45.7 Å². The molecule has 1 aromatic heterocycles. The van der Waals surface area contributed by atoms with E-state index in [4.69, 9.17) is 34.8 Å². The second-order valence-corrected chi connectivity index (χ2v) is 5.13. The number of aromatic nitrogens is 3. The van der Waals surface area contributed by atoms with Gasteiger partial charge in [0.1, 0.15) is 5.69 Å². The van der Waals surface area contributed by atoms with Crippen molar-refractivity contribution in [2.75, 3.05) is 0 Å². The molecule has 0 radical (unpaired) electrons. The molecule has 3 nitrogen and oxygen atoms in total. The Hall–Kier alpha value is -0.770.